The summed E-state index contributed by atoms with van der Waals surface area (Å²) in [5, 5.41) is 3.69. The molecular formula is C16H26FN. The van der Waals surface area contributed by atoms with Gasteiger partial charge in [-0.25, -0.2) is 4.39 Å². The Morgan fingerprint density at radius 2 is 1.61 bits per heavy atom. The van der Waals surface area contributed by atoms with Crippen molar-refractivity contribution < 1.29 is 4.39 Å². The number of nitrogens with one attached hydrogen (secondary N) is 1. The van der Waals surface area contributed by atoms with Crippen LogP contribution in [-0.4, -0.2) is 12.1 Å². The van der Waals surface area contributed by atoms with Crippen molar-refractivity contribution in [3.05, 3.63) is 35.6 Å². The van der Waals surface area contributed by atoms with Gasteiger partial charge in [-0.1, -0.05) is 38.8 Å². The summed E-state index contributed by atoms with van der Waals surface area (Å²) in [6.07, 6.45) is 5.88. The molecule has 1 rings (SSSR count). The van der Waals surface area contributed by atoms with E-state index < -0.39 is 0 Å². The molecule has 0 aliphatic carbocycles. The number of halogens is 1. The maximum Gasteiger partial charge on any atom is 0.123 e. The van der Waals surface area contributed by atoms with Crippen molar-refractivity contribution in [2.75, 3.05) is 0 Å². The first-order chi connectivity index (χ1) is 8.65. The van der Waals surface area contributed by atoms with Crippen molar-refractivity contribution in [1.82, 2.24) is 5.32 Å². The Morgan fingerprint density at radius 3 is 2.11 bits per heavy atom. The summed E-state index contributed by atoms with van der Waals surface area (Å²) in [5.41, 5.74) is 1.20. The van der Waals surface area contributed by atoms with Gasteiger partial charge < -0.3 is 5.32 Å². The Bertz CT molecular complexity index is 314. The molecule has 1 atom stereocenters. The van der Waals surface area contributed by atoms with Gasteiger partial charge in [0.1, 0.15) is 5.82 Å². The van der Waals surface area contributed by atoms with Crippen LogP contribution >= 0.6 is 0 Å². The minimum atomic E-state index is -0.158. The lowest BCUT2D eigenvalue weighted by Gasteiger charge is -2.23. The largest absolute Gasteiger partial charge is 0.311 e. The number of rotatable bonds is 8. The molecule has 0 saturated carbocycles. The van der Waals surface area contributed by atoms with Gasteiger partial charge in [-0.2, -0.15) is 0 Å². The molecule has 1 aromatic rings. The average Bonchev–Trinajstić information content (AvgIpc) is 2.33. The fourth-order valence-electron chi connectivity index (χ4n) is 2.44. The van der Waals surface area contributed by atoms with Crippen molar-refractivity contribution in [3.8, 4) is 0 Å². The first kappa shape index (κ1) is 15.2. The Labute approximate surface area is 111 Å². The third-order valence-electron chi connectivity index (χ3n) is 3.25. The normalized spacial score (nSPS) is 12.9. The third-order valence-corrected chi connectivity index (χ3v) is 3.25. The van der Waals surface area contributed by atoms with Crippen LogP contribution in [0, 0.1) is 5.82 Å². The highest BCUT2D eigenvalue weighted by molar-refractivity contribution is 5.17. The maximum absolute atomic E-state index is 12.8. The zero-order valence-electron chi connectivity index (χ0n) is 11.9. The molecule has 0 amide bonds. The van der Waals surface area contributed by atoms with Gasteiger partial charge in [0.05, 0.1) is 0 Å². The number of hydrogen-bond acceptors (Lipinski definition) is 1. The zero-order chi connectivity index (χ0) is 13.4. The van der Waals surface area contributed by atoms with E-state index in [9.17, 15) is 4.39 Å². The topological polar surface area (TPSA) is 12.0 Å². The Kier molecular flexibility index (Phi) is 6.96. The predicted octanol–water partition coefficient (Wildman–Crippen LogP) is 4.32. The second-order valence-corrected chi connectivity index (χ2v) is 5.17. The van der Waals surface area contributed by atoms with E-state index in [2.05, 4.69) is 26.1 Å². The summed E-state index contributed by atoms with van der Waals surface area (Å²) in [6.45, 7) is 6.67. The number of hydrogen-bond donors (Lipinski definition) is 1. The molecule has 0 saturated heterocycles. The lowest BCUT2D eigenvalue weighted by atomic mass is 10.0. The molecule has 1 unspecified atom stereocenters. The minimum Gasteiger partial charge on any atom is -0.311 e. The quantitative estimate of drug-likeness (QED) is 0.725. The van der Waals surface area contributed by atoms with E-state index in [0.717, 1.165) is 6.42 Å². The molecule has 102 valence electrons. The highest BCUT2D eigenvalue weighted by atomic mass is 19.1. The molecule has 0 spiro atoms. The molecule has 18 heavy (non-hydrogen) atoms. The van der Waals surface area contributed by atoms with Gasteiger partial charge in [0.25, 0.3) is 0 Å². The molecule has 0 aliphatic rings. The molecule has 1 N–H and O–H groups in total. The molecule has 0 radical (unpaired) electrons. The average molecular weight is 251 g/mol. The van der Waals surface area contributed by atoms with Gasteiger partial charge in [-0.05, 0) is 43.9 Å². The minimum absolute atomic E-state index is 0.158. The van der Waals surface area contributed by atoms with Gasteiger partial charge in [0, 0.05) is 12.1 Å². The maximum atomic E-state index is 12.8. The van der Waals surface area contributed by atoms with Crippen LogP contribution in [0.5, 0.6) is 0 Å². The molecule has 1 aromatic carbocycles. The number of benzene rings is 1. The van der Waals surface area contributed by atoms with E-state index >= 15 is 0 Å². The first-order valence-electron chi connectivity index (χ1n) is 7.16. The van der Waals surface area contributed by atoms with E-state index in [1.807, 2.05) is 12.1 Å². The van der Waals surface area contributed by atoms with E-state index in [1.54, 1.807) is 0 Å². The molecule has 0 bridgehead atoms. The molecular weight excluding hydrogens is 225 g/mol. The van der Waals surface area contributed by atoms with Crippen molar-refractivity contribution in [1.29, 1.82) is 0 Å². The van der Waals surface area contributed by atoms with Crippen LogP contribution in [0.3, 0.4) is 0 Å². The fourth-order valence-corrected chi connectivity index (χ4v) is 2.44. The second kappa shape index (κ2) is 8.25. The van der Waals surface area contributed by atoms with Crippen LogP contribution < -0.4 is 5.32 Å². The summed E-state index contributed by atoms with van der Waals surface area (Å²) in [7, 11) is 0. The molecule has 2 heteroatoms. The smallest absolute Gasteiger partial charge is 0.123 e. The fraction of sp³-hybridized carbons (Fsp3) is 0.625. The summed E-state index contributed by atoms with van der Waals surface area (Å²) < 4.78 is 12.8. The van der Waals surface area contributed by atoms with E-state index in [4.69, 9.17) is 0 Å². The van der Waals surface area contributed by atoms with Crippen molar-refractivity contribution in [3.63, 3.8) is 0 Å². The van der Waals surface area contributed by atoms with Crippen LogP contribution in [0.25, 0.3) is 0 Å². The van der Waals surface area contributed by atoms with Crippen LogP contribution in [0.1, 0.15) is 52.0 Å². The van der Waals surface area contributed by atoms with Crippen molar-refractivity contribution in [2.45, 2.75) is 65.0 Å². The van der Waals surface area contributed by atoms with Crippen LogP contribution in [-0.2, 0) is 6.42 Å². The third kappa shape index (κ3) is 5.63. The molecule has 0 aromatic heterocycles. The lowest BCUT2D eigenvalue weighted by molar-refractivity contribution is 0.395. The first-order valence-corrected chi connectivity index (χ1v) is 7.16. The molecule has 0 fully saturated rings. The van der Waals surface area contributed by atoms with Gasteiger partial charge >= 0.3 is 0 Å². The SMILES string of the molecule is CCCC(CCC)NC(C)Cc1ccc(F)cc1. The molecule has 0 aliphatic heterocycles. The summed E-state index contributed by atoms with van der Waals surface area (Å²) >= 11 is 0. The summed E-state index contributed by atoms with van der Waals surface area (Å²) in [4.78, 5) is 0. The zero-order valence-corrected chi connectivity index (χ0v) is 11.9. The van der Waals surface area contributed by atoms with Crippen LogP contribution in [0.2, 0.25) is 0 Å². The van der Waals surface area contributed by atoms with Gasteiger partial charge in [0.15, 0.2) is 0 Å². The van der Waals surface area contributed by atoms with Crippen molar-refractivity contribution >= 4 is 0 Å². The summed E-state index contributed by atoms with van der Waals surface area (Å²) in [6, 6.07) is 7.90. The van der Waals surface area contributed by atoms with Crippen LogP contribution in [0.4, 0.5) is 4.39 Å². The summed E-state index contributed by atoms with van der Waals surface area (Å²) in [5.74, 6) is -0.158. The highest BCUT2D eigenvalue weighted by Gasteiger charge is 2.10. The van der Waals surface area contributed by atoms with Gasteiger partial charge in [-0.3, -0.25) is 0 Å². The predicted molar refractivity (Wildman–Crippen MR) is 76.3 cm³/mol. The molecule has 1 nitrogen and oxygen atoms in total. The van der Waals surface area contributed by atoms with Gasteiger partial charge in [-0.15, -0.1) is 0 Å². The van der Waals surface area contributed by atoms with Gasteiger partial charge in [0.2, 0.25) is 0 Å². The van der Waals surface area contributed by atoms with E-state index in [0.29, 0.717) is 12.1 Å². The lowest BCUT2D eigenvalue weighted by Crippen LogP contribution is -2.37. The van der Waals surface area contributed by atoms with Crippen molar-refractivity contribution in [2.24, 2.45) is 0 Å². The van der Waals surface area contributed by atoms with Crippen LogP contribution in [0.15, 0.2) is 24.3 Å². The highest BCUT2D eigenvalue weighted by Crippen LogP contribution is 2.09. The van der Waals surface area contributed by atoms with E-state index in [1.165, 1.54) is 43.4 Å². The monoisotopic (exact) mass is 251 g/mol. The second-order valence-electron chi connectivity index (χ2n) is 5.17. The Balaban J connectivity index is 2.43. The molecule has 0 heterocycles. The standard InChI is InChI=1S/C16H26FN/c1-4-6-16(7-5-2)18-13(3)12-14-8-10-15(17)11-9-14/h8-11,13,16,18H,4-7,12H2,1-3H3. The Morgan fingerprint density at radius 1 is 1.06 bits per heavy atom. The Hall–Kier alpha value is -0.890. The van der Waals surface area contributed by atoms with E-state index in [-0.39, 0.29) is 5.82 Å².